The number of anilines is 2. The number of benzene rings is 2. The summed E-state index contributed by atoms with van der Waals surface area (Å²) in [4.78, 5) is 6.70. The van der Waals surface area contributed by atoms with Crippen LogP contribution in [0.15, 0.2) is 58.9 Å². The van der Waals surface area contributed by atoms with Crippen molar-refractivity contribution in [2.75, 3.05) is 29.8 Å². The number of rotatable bonds is 6. The maximum Gasteiger partial charge on any atom is 0.262 e. The smallest absolute Gasteiger partial charge is 0.262 e. The minimum atomic E-state index is -3.78. The quantitative estimate of drug-likeness (QED) is 0.585. The Morgan fingerprint density at radius 2 is 1.84 bits per heavy atom. The Labute approximate surface area is 187 Å². The average molecular weight is 459 g/mol. The molecule has 2 heterocycles. The average Bonchev–Trinajstić information content (AvgIpc) is 3.28. The molecule has 2 aromatic carbocycles. The van der Waals surface area contributed by atoms with Gasteiger partial charge in [-0.15, -0.1) is 11.3 Å². The molecule has 0 radical (unpaired) electrons. The van der Waals surface area contributed by atoms with Crippen LogP contribution in [-0.4, -0.2) is 45.7 Å². The van der Waals surface area contributed by atoms with E-state index in [9.17, 15) is 8.42 Å². The molecule has 2 atom stereocenters. The van der Waals surface area contributed by atoms with E-state index in [0.29, 0.717) is 23.5 Å². The molecule has 1 fully saturated rings. The molecule has 9 heteroatoms. The van der Waals surface area contributed by atoms with Crippen molar-refractivity contribution in [3.05, 3.63) is 54.0 Å². The zero-order valence-electron chi connectivity index (χ0n) is 17.7. The van der Waals surface area contributed by atoms with Crippen molar-refractivity contribution in [2.24, 2.45) is 0 Å². The highest BCUT2D eigenvalue weighted by Gasteiger charge is 2.23. The topological polar surface area (TPSA) is 83.6 Å². The monoisotopic (exact) mass is 458 g/mol. The Hall–Kier alpha value is -2.62. The lowest BCUT2D eigenvalue weighted by molar-refractivity contribution is 0.406. The van der Waals surface area contributed by atoms with Gasteiger partial charge in [0.2, 0.25) is 0 Å². The summed E-state index contributed by atoms with van der Waals surface area (Å²) in [5.41, 5.74) is 2.26. The Morgan fingerprint density at radius 3 is 2.45 bits per heavy atom. The Bertz CT molecular complexity index is 1120. The van der Waals surface area contributed by atoms with Crippen LogP contribution < -0.4 is 19.7 Å². The van der Waals surface area contributed by atoms with E-state index in [1.165, 1.54) is 18.4 Å². The van der Waals surface area contributed by atoms with Crippen molar-refractivity contribution >= 4 is 32.7 Å². The Balaban J connectivity index is 1.59. The molecule has 0 saturated carbocycles. The van der Waals surface area contributed by atoms with Gasteiger partial charge in [-0.2, -0.15) is 0 Å². The van der Waals surface area contributed by atoms with Crippen LogP contribution in [0.5, 0.6) is 5.75 Å². The van der Waals surface area contributed by atoms with E-state index in [0.717, 1.165) is 29.3 Å². The SMILES string of the molecule is COc1ccc(N2CC(C)NC(C)C2)cc1NS(=O)(=O)c1ccc(-c2nccs2)cc1. The largest absolute Gasteiger partial charge is 0.495 e. The summed E-state index contributed by atoms with van der Waals surface area (Å²) in [5, 5.41) is 6.25. The van der Waals surface area contributed by atoms with E-state index in [2.05, 4.69) is 33.8 Å². The second-order valence-corrected chi connectivity index (χ2v) is 10.3. The van der Waals surface area contributed by atoms with Gasteiger partial charge in [-0.25, -0.2) is 13.4 Å². The van der Waals surface area contributed by atoms with Crippen molar-refractivity contribution in [3.8, 4) is 16.3 Å². The second-order valence-electron chi connectivity index (χ2n) is 7.73. The minimum absolute atomic E-state index is 0.185. The predicted molar refractivity (Wildman–Crippen MR) is 126 cm³/mol. The molecule has 0 spiro atoms. The van der Waals surface area contributed by atoms with Gasteiger partial charge < -0.3 is 15.0 Å². The van der Waals surface area contributed by atoms with Crippen LogP contribution in [0.25, 0.3) is 10.6 Å². The third kappa shape index (κ3) is 4.84. The molecular weight excluding hydrogens is 432 g/mol. The summed E-state index contributed by atoms with van der Waals surface area (Å²) in [6.45, 7) is 5.98. The molecule has 164 valence electrons. The molecule has 2 unspecified atom stereocenters. The number of nitrogens with one attached hydrogen (secondary N) is 2. The third-order valence-electron chi connectivity index (χ3n) is 5.19. The van der Waals surface area contributed by atoms with Crippen LogP contribution in [0.4, 0.5) is 11.4 Å². The fourth-order valence-corrected chi connectivity index (χ4v) is 5.56. The lowest BCUT2D eigenvalue weighted by Gasteiger charge is -2.38. The molecular formula is C22H26N4O3S2. The first-order chi connectivity index (χ1) is 14.9. The molecule has 1 aliphatic rings. The number of sulfonamides is 1. The van der Waals surface area contributed by atoms with Gasteiger partial charge in [0.05, 0.1) is 17.7 Å². The normalized spacial score (nSPS) is 19.3. The number of thiazole rings is 1. The van der Waals surface area contributed by atoms with E-state index in [1.54, 1.807) is 36.5 Å². The maximum absolute atomic E-state index is 13.1. The number of hydrogen-bond acceptors (Lipinski definition) is 7. The lowest BCUT2D eigenvalue weighted by atomic mass is 10.1. The Morgan fingerprint density at radius 1 is 1.13 bits per heavy atom. The Kier molecular flexibility index (Phi) is 6.17. The van der Waals surface area contributed by atoms with Crippen molar-refractivity contribution in [2.45, 2.75) is 30.8 Å². The molecule has 4 rings (SSSR count). The van der Waals surface area contributed by atoms with Gasteiger partial charge >= 0.3 is 0 Å². The van der Waals surface area contributed by atoms with E-state index in [-0.39, 0.29) is 4.90 Å². The van der Waals surface area contributed by atoms with Gasteiger partial charge in [-0.3, -0.25) is 4.72 Å². The van der Waals surface area contributed by atoms with E-state index < -0.39 is 10.0 Å². The molecule has 1 aromatic heterocycles. The standard InChI is InChI=1S/C22H26N4O3S2/c1-15-13-26(14-16(2)24-15)18-6-9-21(29-3)20(12-18)25-31(27,28)19-7-4-17(5-8-19)22-23-10-11-30-22/h4-12,15-16,24-25H,13-14H2,1-3H3. The van der Waals surface area contributed by atoms with Gasteiger partial charge in [0.15, 0.2) is 0 Å². The van der Waals surface area contributed by atoms with Crippen LogP contribution in [-0.2, 0) is 10.0 Å². The highest BCUT2D eigenvalue weighted by atomic mass is 32.2. The molecule has 0 aliphatic carbocycles. The second kappa shape index (κ2) is 8.86. The van der Waals surface area contributed by atoms with Gasteiger partial charge in [0.25, 0.3) is 10.0 Å². The van der Waals surface area contributed by atoms with Gasteiger partial charge in [0, 0.05) is 48.0 Å². The highest BCUT2D eigenvalue weighted by molar-refractivity contribution is 7.92. The van der Waals surface area contributed by atoms with Crippen molar-refractivity contribution in [3.63, 3.8) is 0 Å². The zero-order chi connectivity index (χ0) is 22.0. The number of methoxy groups -OCH3 is 1. The minimum Gasteiger partial charge on any atom is -0.495 e. The van der Waals surface area contributed by atoms with Crippen LogP contribution in [0.2, 0.25) is 0 Å². The molecule has 1 aliphatic heterocycles. The highest BCUT2D eigenvalue weighted by Crippen LogP contribution is 2.32. The first kappa shape index (κ1) is 21.6. The zero-order valence-corrected chi connectivity index (χ0v) is 19.3. The predicted octanol–water partition coefficient (Wildman–Crippen LogP) is 3.81. The fourth-order valence-electron chi connectivity index (χ4n) is 3.86. The molecule has 0 amide bonds. The fraction of sp³-hybridized carbons (Fsp3) is 0.318. The number of nitrogens with zero attached hydrogens (tertiary/aromatic N) is 2. The van der Waals surface area contributed by atoms with E-state index in [1.807, 2.05) is 17.5 Å². The lowest BCUT2D eigenvalue weighted by Crippen LogP contribution is -2.54. The van der Waals surface area contributed by atoms with Crippen LogP contribution in [0, 0.1) is 0 Å². The molecule has 3 aromatic rings. The van der Waals surface area contributed by atoms with Crippen molar-refractivity contribution in [1.29, 1.82) is 0 Å². The molecule has 0 bridgehead atoms. The summed E-state index contributed by atoms with van der Waals surface area (Å²) >= 11 is 1.51. The van der Waals surface area contributed by atoms with Gasteiger partial charge in [-0.1, -0.05) is 12.1 Å². The van der Waals surface area contributed by atoms with Crippen LogP contribution >= 0.6 is 11.3 Å². The molecule has 7 nitrogen and oxygen atoms in total. The summed E-state index contributed by atoms with van der Waals surface area (Å²) in [7, 11) is -2.25. The number of piperazine rings is 1. The first-order valence-corrected chi connectivity index (χ1v) is 12.4. The third-order valence-corrected chi connectivity index (χ3v) is 7.40. The molecule has 31 heavy (non-hydrogen) atoms. The van der Waals surface area contributed by atoms with Gasteiger partial charge in [-0.05, 0) is 44.2 Å². The first-order valence-electron chi connectivity index (χ1n) is 10.1. The van der Waals surface area contributed by atoms with Crippen LogP contribution in [0.1, 0.15) is 13.8 Å². The summed E-state index contributed by atoms with van der Waals surface area (Å²) < 4.78 is 34.2. The van der Waals surface area contributed by atoms with Crippen molar-refractivity contribution in [1.82, 2.24) is 10.3 Å². The van der Waals surface area contributed by atoms with E-state index >= 15 is 0 Å². The number of hydrogen-bond donors (Lipinski definition) is 2. The van der Waals surface area contributed by atoms with Crippen LogP contribution in [0.3, 0.4) is 0 Å². The summed E-state index contributed by atoms with van der Waals surface area (Å²) in [6.07, 6.45) is 1.73. The van der Waals surface area contributed by atoms with Crippen molar-refractivity contribution < 1.29 is 13.2 Å². The summed E-state index contributed by atoms with van der Waals surface area (Å²) in [5.74, 6) is 0.475. The van der Waals surface area contributed by atoms with E-state index in [4.69, 9.17) is 4.74 Å². The number of aromatic nitrogens is 1. The number of ether oxygens (including phenoxy) is 1. The van der Waals surface area contributed by atoms with Gasteiger partial charge in [0.1, 0.15) is 10.8 Å². The molecule has 1 saturated heterocycles. The maximum atomic E-state index is 13.1. The summed E-state index contributed by atoms with van der Waals surface area (Å²) in [6, 6.07) is 13.0. The molecule has 2 N–H and O–H groups in total.